The van der Waals surface area contributed by atoms with E-state index in [4.69, 9.17) is 32.7 Å². The van der Waals surface area contributed by atoms with Crippen molar-refractivity contribution in [3.05, 3.63) is 59.1 Å². The summed E-state index contributed by atoms with van der Waals surface area (Å²) in [4.78, 5) is 11.0. The number of para-hydroxylation sites is 1. The Morgan fingerprint density at radius 2 is 1.75 bits per heavy atom. The maximum absolute atomic E-state index is 11.0. The van der Waals surface area contributed by atoms with Crippen LogP contribution in [-0.4, -0.2) is 18.5 Å². The van der Waals surface area contributed by atoms with Crippen LogP contribution < -0.4 is 9.47 Å². The standard InChI is InChI=1S/C15H12Cl2O3/c16-13-6-1-2-7-14(13)20-9-8-19-12-5-3-4-11(10-12)15(17)18/h1-7,10H,8-9H2. The van der Waals surface area contributed by atoms with Crippen LogP contribution in [0.15, 0.2) is 48.5 Å². The van der Waals surface area contributed by atoms with Gasteiger partial charge in [0.1, 0.15) is 24.7 Å². The molecule has 0 saturated heterocycles. The zero-order valence-electron chi connectivity index (χ0n) is 10.5. The van der Waals surface area contributed by atoms with E-state index in [-0.39, 0.29) is 0 Å². The number of hydrogen-bond acceptors (Lipinski definition) is 3. The summed E-state index contributed by atoms with van der Waals surface area (Å²) >= 11 is 11.4. The van der Waals surface area contributed by atoms with Gasteiger partial charge in [-0.15, -0.1) is 0 Å². The van der Waals surface area contributed by atoms with Crippen LogP contribution in [0.4, 0.5) is 0 Å². The van der Waals surface area contributed by atoms with E-state index in [0.717, 1.165) is 0 Å². The molecule has 0 amide bonds. The molecule has 0 spiro atoms. The third-order valence-electron chi connectivity index (χ3n) is 2.51. The summed E-state index contributed by atoms with van der Waals surface area (Å²) in [6.07, 6.45) is 0. The van der Waals surface area contributed by atoms with Crippen molar-refractivity contribution < 1.29 is 14.3 Å². The van der Waals surface area contributed by atoms with Crippen LogP contribution in [0.5, 0.6) is 11.5 Å². The Kier molecular flexibility index (Phi) is 5.27. The third-order valence-corrected chi connectivity index (χ3v) is 3.04. The van der Waals surface area contributed by atoms with E-state index in [1.165, 1.54) is 0 Å². The highest BCUT2D eigenvalue weighted by Gasteiger charge is 2.03. The Hall–Kier alpha value is -1.71. The van der Waals surface area contributed by atoms with Gasteiger partial charge in [0.05, 0.1) is 5.02 Å². The molecular formula is C15H12Cl2O3. The van der Waals surface area contributed by atoms with Gasteiger partial charge in [-0.3, -0.25) is 4.79 Å². The molecular weight excluding hydrogens is 299 g/mol. The second-order valence-corrected chi connectivity index (χ2v) is 4.68. The van der Waals surface area contributed by atoms with Gasteiger partial charge in [-0.05, 0) is 41.9 Å². The van der Waals surface area contributed by atoms with E-state index in [9.17, 15) is 4.79 Å². The van der Waals surface area contributed by atoms with E-state index in [0.29, 0.717) is 35.3 Å². The van der Waals surface area contributed by atoms with Crippen LogP contribution >= 0.6 is 23.2 Å². The summed E-state index contributed by atoms with van der Waals surface area (Å²) in [7, 11) is 0. The molecule has 0 bridgehead atoms. The minimum Gasteiger partial charge on any atom is -0.490 e. The number of halogens is 2. The zero-order valence-corrected chi connectivity index (χ0v) is 12.0. The van der Waals surface area contributed by atoms with Crippen LogP contribution in [0.25, 0.3) is 0 Å². The van der Waals surface area contributed by atoms with Crippen molar-refractivity contribution in [3.8, 4) is 11.5 Å². The van der Waals surface area contributed by atoms with Gasteiger partial charge >= 0.3 is 0 Å². The van der Waals surface area contributed by atoms with Crippen LogP contribution in [-0.2, 0) is 0 Å². The van der Waals surface area contributed by atoms with E-state index in [1.54, 1.807) is 36.4 Å². The summed E-state index contributed by atoms with van der Waals surface area (Å²) in [6, 6.07) is 13.9. The monoisotopic (exact) mass is 310 g/mol. The molecule has 0 aliphatic heterocycles. The SMILES string of the molecule is O=C(Cl)c1cccc(OCCOc2ccccc2Cl)c1. The van der Waals surface area contributed by atoms with Crippen molar-refractivity contribution in [2.45, 2.75) is 0 Å². The van der Waals surface area contributed by atoms with Gasteiger partial charge in [-0.25, -0.2) is 0 Å². The summed E-state index contributed by atoms with van der Waals surface area (Å²) < 4.78 is 11.0. The topological polar surface area (TPSA) is 35.5 Å². The van der Waals surface area contributed by atoms with Crippen molar-refractivity contribution in [2.24, 2.45) is 0 Å². The second-order valence-electron chi connectivity index (χ2n) is 3.93. The first-order valence-electron chi connectivity index (χ1n) is 5.97. The Bertz CT molecular complexity index is 599. The predicted octanol–water partition coefficient (Wildman–Crippen LogP) is 4.18. The maximum Gasteiger partial charge on any atom is 0.252 e. The van der Waals surface area contributed by atoms with Crippen molar-refractivity contribution in [1.82, 2.24) is 0 Å². The fourth-order valence-electron chi connectivity index (χ4n) is 1.58. The molecule has 0 heterocycles. The molecule has 0 aliphatic rings. The molecule has 0 fully saturated rings. The summed E-state index contributed by atoms with van der Waals surface area (Å²) in [5, 5.41) is 0.0463. The fourth-order valence-corrected chi connectivity index (χ4v) is 1.89. The van der Waals surface area contributed by atoms with Crippen LogP contribution in [0.2, 0.25) is 5.02 Å². The molecule has 2 aromatic carbocycles. The summed E-state index contributed by atoms with van der Waals surface area (Å²) in [6.45, 7) is 0.688. The lowest BCUT2D eigenvalue weighted by atomic mass is 10.2. The van der Waals surface area contributed by atoms with Gasteiger partial charge in [0, 0.05) is 5.56 Å². The molecule has 2 aromatic rings. The molecule has 0 unspecified atom stereocenters. The van der Waals surface area contributed by atoms with Crippen LogP contribution in [0.1, 0.15) is 10.4 Å². The minimum absolute atomic E-state index is 0.338. The number of carbonyl (C=O) groups excluding carboxylic acids is 1. The minimum atomic E-state index is -0.511. The molecule has 5 heteroatoms. The summed E-state index contributed by atoms with van der Waals surface area (Å²) in [5.74, 6) is 1.18. The quantitative estimate of drug-likeness (QED) is 0.593. The van der Waals surface area contributed by atoms with E-state index < -0.39 is 5.24 Å². The highest BCUT2D eigenvalue weighted by molar-refractivity contribution is 6.67. The maximum atomic E-state index is 11.0. The number of carbonyl (C=O) groups is 1. The van der Waals surface area contributed by atoms with E-state index >= 15 is 0 Å². The lowest BCUT2D eigenvalue weighted by Crippen LogP contribution is -2.09. The third kappa shape index (κ3) is 4.15. The normalized spacial score (nSPS) is 10.1. The number of benzene rings is 2. The Balaban J connectivity index is 1.83. The van der Waals surface area contributed by atoms with Crippen molar-refractivity contribution in [1.29, 1.82) is 0 Å². The van der Waals surface area contributed by atoms with E-state index in [2.05, 4.69) is 0 Å². The Morgan fingerprint density at radius 3 is 2.50 bits per heavy atom. The van der Waals surface area contributed by atoms with Crippen LogP contribution in [0, 0.1) is 0 Å². The van der Waals surface area contributed by atoms with Gasteiger partial charge in [-0.2, -0.15) is 0 Å². The highest BCUT2D eigenvalue weighted by atomic mass is 35.5. The number of rotatable bonds is 6. The molecule has 3 nitrogen and oxygen atoms in total. The average molecular weight is 311 g/mol. The highest BCUT2D eigenvalue weighted by Crippen LogP contribution is 2.23. The number of hydrogen-bond donors (Lipinski definition) is 0. The largest absolute Gasteiger partial charge is 0.490 e. The fraction of sp³-hybridized carbons (Fsp3) is 0.133. The van der Waals surface area contributed by atoms with Gasteiger partial charge < -0.3 is 9.47 Å². The lowest BCUT2D eigenvalue weighted by Gasteiger charge is -2.09. The molecule has 0 atom stereocenters. The molecule has 0 N–H and O–H groups in total. The second kappa shape index (κ2) is 7.17. The van der Waals surface area contributed by atoms with Gasteiger partial charge in [-0.1, -0.05) is 29.8 Å². The molecule has 104 valence electrons. The van der Waals surface area contributed by atoms with Gasteiger partial charge in [0.2, 0.25) is 0 Å². The summed E-state index contributed by atoms with van der Waals surface area (Å²) in [5.41, 5.74) is 0.399. The molecule has 0 aliphatic carbocycles. The Labute approximate surface area is 127 Å². The first kappa shape index (κ1) is 14.7. The smallest absolute Gasteiger partial charge is 0.252 e. The van der Waals surface area contributed by atoms with E-state index in [1.807, 2.05) is 12.1 Å². The number of ether oxygens (including phenoxy) is 2. The average Bonchev–Trinajstić information content (AvgIpc) is 2.45. The first-order valence-corrected chi connectivity index (χ1v) is 6.72. The van der Waals surface area contributed by atoms with Gasteiger partial charge in [0.25, 0.3) is 5.24 Å². The van der Waals surface area contributed by atoms with Gasteiger partial charge in [0.15, 0.2) is 0 Å². The van der Waals surface area contributed by atoms with Crippen molar-refractivity contribution in [2.75, 3.05) is 13.2 Å². The molecule has 2 rings (SSSR count). The predicted molar refractivity (Wildman–Crippen MR) is 79.1 cm³/mol. The lowest BCUT2D eigenvalue weighted by molar-refractivity contribution is 0.108. The molecule has 0 radical (unpaired) electrons. The zero-order chi connectivity index (χ0) is 14.4. The molecule has 0 saturated carbocycles. The molecule has 20 heavy (non-hydrogen) atoms. The Morgan fingerprint density at radius 1 is 1.00 bits per heavy atom. The van der Waals surface area contributed by atoms with Crippen molar-refractivity contribution >= 4 is 28.4 Å². The van der Waals surface area contributed by atoms with Crippen LogP contribution in [0.3, 0.4) is 0 Å². The van der Waals surface area contributed by atoms with Crippen molar-refractivity contribution in [3.63, 3.8) is 0 Å². The molecule has 0 aromatic heterocycles. The first-order chi connectivity index (χ1) is 9.66.